The zero-order valence-corrected chi connectivity index (χ0v) is 10.7. The minimum Gasteiger partial charge on any atom is -0.444 e. The molecule has 1 atom stereocenters. The molecule has 0 aliphatic heterocycles. The van der Waals surface area contributed by atoms with Crippen molar-refractivity contribution in [3.05, 3.63) is 0 Å². The van der Waals surface area contributed by atoms with E-state index in [-0.39, 0.29) is 13.2 Å². The summed E-state index contributed by atoms with van der Waals surface area (Å²) in [5.74, 6) is 0. The second-order valence-corrected chi connectivity index (χ2v) is 4.69. The summed E-state index contributed by atoms with van der Waals surface area (Å²) in [6.45, 7) is 6.04. The van der Waals surface area contributed by atoms with Gasteiger partial charge in [0.15, 0.2) is 0 Å². The molecule has 0 spiro atoms. The van der Waals surface area contributed by atoms with Crippen molar-refractivity contribution in [1.82, 2.24) is 5.32 Å². The van der Waals surface area contributed by atoms with Gasteiger partial charge in [-0.1, -0.05) is 0 Å². The Morgan fingerprint density at radius 3 is 2.59 bits per heavy atom. The Kier molecular flexibility index (Phi) is 7.86. The van der Waals surface area contributed by atoms with E-state index < -0.39 is 17.8 Å². The number of aliphatic hydroxyl groups excluding tert-OH is 2. The van der Waals surface area contributed by atoms with Crippen LogP contribution in [0.5, 0.6) is 0 Å². The highest BCUT2D eigenvalue weighted by Crippen LogP contribution is 2.06. The van der Waals surface area contributed by atoms with Gasteiger partial charge >= 0.3 is 6.09 Å². The molecule has 6 heteroatoms. The molecule has 0 aromatic rings. The first kappa shape index (κ1) is 16.1. The summed E-state index contributed by atoms with van der Waals surface area (Å²) in [6.07, 6.45) is -0.668. The number of carbonyl (C=O) groups is 1. The Morgan fingerprint density at radius 2 is 2.06 bits per heavy atom. The van der Waals surface area contributed by atoms with Crippen molar-refractivity contribution in [2.75, 3.05) is 26.4 Å². The second-order valence-electron chi connectivity index (χ2n) is 4.69. The maximum absolute atomic E-state index is 11.2. The van der Waals surface area contributed by atoms with Gasteiger partial charge in [-0.3, -0.25) is 0 Å². The maximum Gasteiger partial charge on any atom is 0.407 e. The molecule has 0 heterocycles. The van der Waals surface area contributed by atoms with Crippen molar-refractivity contribution >= 4 is 6.09 Å². The Morgan fingerprint density at radius 1 is 1.41 bits per heavy atom. The van der Waals surface area contributed by atoms with E-state index in [1.54, 1.807) is 20.8 Å². The van der Waals surface area contributed by atoms with Crippen LogP contribution in [0.4, 0.5) is 4.79 Å². The van der Waals surface area contributed by atoms with Gasteiger partial charge in [-0.15, -0.1) is 0 Å². The Balaban J connectivity index is 3.37. The van der Waals surface area contributed by atoms with Crippen LogP contribution in [-0.4, -0.2) is 54.4 Å². The first-order chi connectivity index (χ1) is 7.85. The molecular weight excluding hydrogens is 226 g/mol. The first-order valence-electron chi connectivity index (χ1n) is 5.68. The number of carbonyl (C=O) groups excluding carboxylic acids is 1. The van der Waals surface area contributed by atoms with E-state index >= 15 is 0 Å². The first-order valence-corrected chi connectivity index (χ1v) is 5.68. The summed E-state index contributed by atoms with van der Waals surface area (Å²) in [7, 11) is 0. The van der Waals surface area contributed by atoms with Crippen molar-refractivity contribution in [2.45, 2.75) is 38.9 Å². The number of aliphatic hydroxyl groups is 2. The number of alkyl carbamates (subject to hydrolysis) is 1. The van der Waals surface area contributed by atoms with Crippen LogP contribution in [0.3, 0.4) is 0 Å². The van der Waals surface area contributed by atoms with Crippen LogP contribution in [0, 0.1) is 0 Å². The summed E-state index contributed by atoms with van der Waals surface area (Å²) >= 11 is 0. The quantitative estimate of drug-likeness (QED) is 0.564. The van der Waals surface area contributed by atoms with Crippen molar-refractivity contribution < 1.29 is 24.5 Å². The SMILES string of the molecule is CC(C)(C)OC(=O)NCCCOCC(O)CO. The van der Waals surface area contributed by atoms with Gasteiger partial charge in [-0.05, 0) is 27.2 Å². The standard InChI is InChI=1S/C11H23NO5/c1-11(2,3)17-10(15)12-5-4-6-16-8-9(14)7-13/h9,13-14H,4-8H2,1-3H3,(H,12,15). The van der Waals surface area contributed by atoms with Crippen LogP contribution in [0.1, 0.15) is 27.2 Å². The largest absolute Gasteiger partial charge is 0.444 e. The van der Waals surface area contributed by atoms with E-state index in [4.69, 9.17) is 19.7 Å². The highest BCUT2D eigenvalue weighted by Gasteiger charge is 2.15. The van der Waals surface area contributed by atoms with E-state index in [1.165, 1.54) is 0 Å². The zero-order chi connectivity index (χ0) is 13.3. The molecule has 1 amide bonds. The number of rotatable bonds is 7. The van der Waals surface area contributed by atoms with E-state index in [2.05, 4.69) is 5.32 Å². The molecule has 0 bridgehead atoms. The van der Waals surface area contributed by atoms with Gasteiger partial charge in [-0.2, -0.15) is 0 Å². The summed E-state index contributed by atoms with van der Waals surface area (Å²) in [5, 5.41) is 20.1. The van der Waals surface area contributed by atoms with Gasteiger partial charge in [0.2, 0.25) is 0 Å². The molecule has 0 saturated heterocycles. The van der Waals surface area contributed by atoms with Crippen LogP contribution in [-0.2, 0) is 9.47 Å². The number of hydrogen-bond donors (Lipinski definition) is 3. The minimum atomic E-state index is -0.839. The van der Waals surface area contributed by atoms with Crippen LogP contribution in [0.15, 0.2) is 0 Å². The molecule has 0 aliphatic carbocycles. The molecule has 1 unspecified atom stereocenters. The zero-order valence-electron chi connectivity index (χ0n) is 10.7. The Labute approximate surface area is 102 Å². The molecule has 17 heavy (non-hydrogen) atoms. The van der Waals surface area contributed by atoms with Gasteiger partial charge in [0.1, 0.15) is 11.7 Å². The fourth-order valence-electron chi connectivity index (χ4n) is 0.951. The highest BCUT2D eigenvalue weighted by molar-refractivity contribution is 5.67. The van der Waals surface area contributed by atoms with Crippen molar-refractivity contribution in [1.29, 1.82) is 0 Å². The third-order valence-electron chi connectivity index (χ3n) is 1.65. The molecule has 0 aromatic carbocycles. The van der Waals surface area contributed by atoms with Crippen LogP contribution in [0.2, 0.25) is 0 Å². The lowest BCUT2D eigenvalue weighted by atomic mass is 10.2. The number of ether oxygens (including phenoxy) is 2. The lowest BCUT2D eigenvalue weighted by molar-refractivity contribution is 0.00543. The normalized spacial score (nSPS) is 13.2. The molecule has 0 aromatic heterocycles. The van der Waals surface area contributed by atoms with E-state index in [1.807, 2.05) is 0 Å². The van der Waals surface area contributed by atoms with E-state index in [0.717, 1.165) is 0 Å². The third kappa shape index (κ3) is 11.4. The Hall–Kier alpha value is -0.850. The molecular formula is C11H23NO5. The number of amides is 1. The van der Waals surface area contributed by atoms with Gasteiger partial charge < -0.3 is 25.0 Å². The van der Waals surface area contributed by atoms with Gasteiger partial charge in [0.25, 0.3) is 0 Å². The second kappa shape index (κ2) is 8.27. The molecule has 0 fully saturated rings. The number of nitrogens with one attached hydrogen (secondary N) is 1. The summed E-state index contributed by atoms with van der Waals surface area (Å²) in [6, 6.07) is 0. The topological polar surface area (TPSA) is 88.0 Å². The van der Waals surface area contributed by atoms with Crippen LogP contribution >= 0.6 is 0 Å². The van der Waals surface area contributed by atoms with Crippen LogP contribution < -0.4 is 5.32 Å². The summed E-state index contributed by atoms with van der Waals surface area (Å²) < 4.78 is 10.1. The third-order valence-corrected chi connectivity index (χ3v) is 1.65. The molecule has 0 radical (unpaired) electrons. The molecule has 6 nitrogen and oxygen atoms in total. The van der Waals surface area contributed by atoms with E-state index in [9.17, 15) is 4.79 Å². The molecule has 3 N–H and O–H groups in total. The summed E-state index contributed by atoms with van der Waals surface area (Å²) in [4.78, 5) is 11.2. The maximum atomic E-state index is 11.2. The monoisotopic (exact) mass is 249 g/mol. The fraction of sp³-hybridized carbons (Fsp3) is 0.909. The average Bonchev–Trinajstić information content (AvgIpc) is 2.20. The van der Waals surface area contributed by atoms with E-state index in [0.29, 0.717) is 19.6 Å². The Bertz CT molecular complexity index is 214. The van der Waals surface area contributed by atoms with Crippen molar-refractivity contribution in [2.24, 2.45) is 0 Å². The van der Waals surface area contributed by atoms with Crippen molar-refractivity contribution in [3.63, 3.8) is 0 Å². The molecule has 102 valence electrons. The predicted molar refractivity (Wildman–Crippen MR) is 62.8 cm³/mol. The van der Waals surface area contributed by atoms with Gasteiger partial charge in [-0.25, -0.2) is 4.79 Å². The van der Waals surface area contributed by atoms with Gasteiger partial charge in [0.05, 0.1) is 13.2 Å². The lowest BCUT2D eigenvalue weighted by Gasteiger charge is -2.19. The fourth-order valence-corrected chi connectivity index (χ4v) is 0.951. The number of hydrogen-bond acceptors (Lipinski definition) is 5. The van der Waals surface area contributed by atoms with Crippen molar-refractivity contribution in [3.8, 4) is 0 Å². The van der Waals surface area contributed by atoms with Gasteiger partial charge in [0, 0.05) is 13.2 Å². The smallest absolute Gasteiger partial charge is 0.407 e. The summed E-state index contributed by atoms with van der Waals surface area (Å²) in [5.41, 5.74) is -0.494. The lowest BCUT2D eigenvalue weighted by Crippen LogP contribution is -2.33. The highest BCUT2D eigenvalue weighted by atomic mass is 16.6. The predicted octanol–water partition coefficient (Wildman–Crippen LogP) is 0.271. The molecule has 0 rings (SSSR count). The average molecular weight is 249 g/mol. The molecule has 0 saturated carbocycles. The minimum absolute atomic E-state index is 0.100. The molecule has 0 aliphatic rings. The van der Waals surface area contributed by atoms with Crippen LogP contribution in [0.25, 0.3) is 0 Å².